The maximum absolute atomic E-state index is 13.4. The van der Waals surface area contributed by atoms with Gasteiger partial charge in [0, 0.05) is 9.90 Å². The van der Waals surface area contributed by atoms with E-state index in [0.717, 1.165) is 62.5 Å². The molecule has 0 aliphatic heterocycles. The number of hydrogen-bond donors (Lipinski definition) is 2. The van der Waals surface area contributed by atoms with Crippen LogP contribution in [0.3, 0.4) is 0 Å². The second-order valence-electron chi connectivity index (χ2n) is 7.53. The summed E-state index contributed by atoms with van der Waals surface area (Å²) < 4.78 is 0. The monoisotopic (exact) mass is 402 g/mol. The molecule has 142 valence electrons. The van der Waals surface area contributed by atoms with Crippen molar-refractivity contribution in [2.75, 3.05) is 5.32 Å². The summed E-state index contributed by atoms with van der Waals surface area (Å²) in [6.45, 7) is 0. The Morgan fingerprint density at radius 1 is 1.04 bits per heavy atom. The minimum Gasteiger partial charge on any atom is -0.365 e. The van der Waals surface area contributed by atoms with Gasteiger partial charge in [0.25, 0.3) is 5.91 Å². The number of fused-ring (bicyclic) bond motifs is 1. The predicted molar refractivity (Wildman–Crippen MR) is 110 cm³/mol. The van der Waals surface area contributed by atoms with E-state index in [1.807, 2.05) is 24.3 Å². The zero-order valence-corrected chi connectivity index (χ0v) is 16.7. The maximum Gasteiger partial charge on any atom is 0.251 e. The Balaban J connectivity index is 1.69. The van der Waals surface area contributed by atoms with E-state index in [9.17, 15) is 9.59 Å². The number of benzene rings is 1. The van der Waals surface area contributed by atoms with Crippen LogP contribution in [0.2, 0.25) is 5.02 Å². The number of halogens is 1. The molecule has 2 amide bonds. The molecule has 1 heterocycles. The van der Waals surface area contributed by atoms with Gasteiger partial charge in [-0.1, -0.05) is 36.6 Å². The summed E-state index contributed by atoms with van der Waals surface area (Å²) in [4.78, 5) is 26.7. The van der Waals surface area contributed by atoms with Crippen molar-refractivity contribution < 1.29 is 9.59 Å². The molecule has 1 aromatic heterocycles. The number of nitrogens with one attached hydrogen (secondary N) is 1. The topological polar surface area (TPSA) is 72.2 Å². The van der Waals surface area contributed by atoms with Crippen molar-refractivity contribution >= 4 is 39.8 Å². The van der Waals surface area contributed by atoms with E-state index >= 15 is 0 Å². The standard InChI is InChI=1S/C21H23ClN2O2S/c22-14-9-7-13(8-10-14)21(11-3-4-12-21)20(26)24-19-17(18(23)25)15-5-1-2-6-16(15)27-19/h7-10H,1-6,11-12H2,(H2,23,25)(H,24,26). The van der Waals surface area contributed by atoms with Crippen LogP contribution < -0.4 is 11.1 Å². The summed E-state index contributed by atoms with van der Waals surface area (Å²) in [5, 5.41) is 4.38. The van der Waals surface area contributed by atoms with Gasteiger partial charge in [-0.25, -0.2) is 0 Å². The molecule has 0 radical (unpaired) electrons. The number of hydrogen-bond acceptors (Lipinski definition) is 3. The Morgan fingerprint density at radius 3 is 2.37 bits per heavy atom. The molecule has 1 fully saturated rings. The predicted octanol–water partition coefficient (Wildman–Crippen LogP) is 4.83. The molecule has 1 saturated carbocycles. The molecule has 2 aliphatic carbocycles. The fourth-order valence-electron chi connectivity index (χ4n) is 4.53. The van der Waals surface area contributed by atoms with Crippen molar-refractivity contribution in [2.45, 2.75) is 56.8 Å². The normalized spacial score (nSPS) is 18.1. The quantitative estimate of drug-likeness (QED) is 0.768. The molecule has 0 atom stereocenters. The number of primary amides is 1. The van der Waals surface area contributed by atoms with Crippen LogP contribution in [-0.2, 0) is 23.1 Å². The minimum atomic E-state index is -0.565. The molecule has 4 rings (SSSR count). The number of amides is 2. The first kappa shape index (κ1) is 18.5. The van der Waals surface area contributed by atoms with E-state index in [0.29, 0.717) is 15.6 Å². The van der Waals surface area contributed by atoms with E-state index in [4.69, 9.17) is 17.3 Å². The number of carbonyl (C=O) groups excluding carboxylic acids is 2. The lowest BCUT2D eigenvalue weighted by molar-refractivity contribution is -0.121. The van der Waals surface area contributed by atoms with Gasteiger partial charge in [-0.2, -0.15) is 0 Å². The first-order chi connectivity index (χ1) is 13.0. The summed E-state index contributed by atoms with van der Waals surface area (Å²) in [6.07, 6.45) is 7.63. The molecule has 0 unspecified atom stereocenters. The van der Waals surface area contributed by atoms with Crippen molar-refractivity contribution in [3.63, 3.8) is 0 Å². The average molecular weight is 403 g/mol. The third kappa shape index (κ3) is 3.27. The van der Waals surface area contributed by atoms with E-state index in [1.165, 1.54) is 16.2 Å². The van der Waals surface area contributed by atoms with Gasteiger partial charge in [0.15, 0.2) is 0 Å². The number of aryl methyl sites for hydroxylation is 1. The highest BCUT2D eigenvalue weighted by atomic mass is 35.5. The molecule has 0 bridgehead atoms. The molecule has 3 N–H and O–H groups in total. The average Bonchev–Trinajstić information content (AvgIpc) is 3.27. The largest absolute Gasteiger partial charge is 0.365 e. The van der Waals surface area contributed by atoms with Gasteiger partial charge in [0.2, 0.25) is 5.91 Å². The van der Waals surface area contributed by atoms with E-state index in [-0.39, 0.29) is 5.91 Å². The Kier molecular flexibility index (Phi) is 4.99. The second-order valence-corrected chi connectivity index (χ2v) is 9.07. The Morgan fingerprint density at radius 2 is 1.70 bits per heavy atom. The summed E-state index contributed by atoms with van der Waals surface area (Å²) in [6, 6.07) is 7.56. The molecule has 27 heavy (non-hydrogen) atoms. The Bertz CT molecular complexity index is 882. The highest BCUT2D eigenvalue weighted by Crippen LogP contribution is 2.44. The van der Waals surface area contributed by atoms with Crippen LogP contribution in [0.5, 0.6) is 0 Å². The SMILES string of the molecule is NC(=O)c1c(NC(=O)C2(c3ccc(Cl)cc3)CCCC2)sc2c1CCCC2. The number of nitrogens with two attached hydrogens (primary N) is 1. The van der Waals surface area contributed by atoms with E-state index in [1.54, 1.807) is 0 Å². The molecule has 0 saturated heterocycles. The van der Waals surface area contributed by atoms with E-state index < -0.39 is 11.3 Å². The van der Waals surface area contributed by atoms with Crippen molar-refractivity contribution in [1.82, 2.24) is 0 Å². The minimum absolute atomic E-state index is 0.0385. The van der Waals surface area contributed by atoms with Gasteiger partial charge < -0.3 is 11.1 Å². The van der Waals surface area contributed by atoms with Crippen LogP contribution in [0.25, 0.3) is 0 Å². The van der Waals surface area contributed by atoms with Crippen LogP contribution in [0.4, 0.5) is 5.00 Å². The third-order valence-corrected chi connectivity index (χ3v) is 7.39. The first-order valence-electron chi connectivity index (χ1n) is 9.53. The highest BCUT2D eigenvalue weighted by Gasteiger charge is 2.43. The van der Waals surface area contributed by atoms with Gasteiger partial charge >= 0.3 is 0 Å². The lowest BCUT2D eigenvalue weighted by atomic mass is 9.78. The number of thiophene rings is 1. The molecule has 0 spiro atoms. The van der Waals surface area contributed by atoms with E-state index in [2.05, 4.69) is 5.32 Å². The van der Waals surface area contributed by atoms with Gasteiger partial charge in [0.05, 0.1) is 11.0 Å². The van der Waals surface area contributed by atoms with Crippen LogP contribution in [0, 0.1) is 0 Å². The molecule has 2 aromatic rings. The summed E-state index contributed by atoms with van der Waals surface area (Å²) in [7, 11) is 0. The maximum atomic E-state index is 13.4. The molecule has 4 nitrogen and oxygen atoms in total. The molecular formula is C21H23ClN2O2S. The summed E-state index contributed by atoms with van der Waals surface area (Å²) in [5.41, 5.74) is 7.66. The van der Waals surface area contributed by atoms with Crippen molar-refractivity contribution in [1.29, 1.82) is 0 Å². The van der Waals surface area contributed by atoms with Crippen molar-refractivity contribution in [3.05, 3.63) is 50.9 Å². The number of anilines is 1. The van der Waals surface area contributed by atoms with Crippen LogP contribution >= 0.6 is 22.9 Å². The fraction of sp³-hybridized carbons (Fsp3) is 0.429. The molecule has 1 aromatic carbocycles. The molecule has 2 aliphatic rings. The molecular weight excluding hydrogens is 380 g/mol. The van der Waals surface area contributed by atoms with Gasteiger partial charge in [-0.3, -0.25) is 9.59 Å². The second kappa shape index (κ2) is 7.28. The highest BCUT2D eigenvalue weighted by molar-refractivity contribution is 7.17. The van der Waals surface area contributed by atoms with Gasteiger partial charge in [-0.05, 0) is 61.8 Å². The van der Waals surface area contributed by atoms with Crippen molar-refractivity contribution in [2.24, 2.45) is 5.73 Å². The third-order valence-electron chi connectivity index (χ3n) is 5.93. The van der Waals surface area contributed by atoms with Crippen molar-refractivity contribution in [3.8, 4) is 0 Å². The zero-order valence-electron chi connectivity index (χ0n) is 15.1. The number of rotatable bonds is 4. The first-order valence-corrected chi connectivity index (χ1v) is 10.7. The number of carbonyl (C=O) groups is 2. The lowest BCUT2D eigenvalue weighted by Crippen LogP contribution is -2.38. The van der Waals surface area contributed by atoms with Crippen LogP contribution in [0.1, 0.15) is 64.9 Å². The summed E-state index contributed by atoms with van der Waals surface area (Å²) in [5.74, 6) is -0.486. The lowest BCUT2D eigenvalue weighted by Gasteiger charge is -2.28. The Labute approximate surface area is 168 Å². The summed E-state index contributed by atoms with van der Waals surface area (Å²) >= 11 is 7.56. The van der Waals surface area contributed by atoms with Crippen LogP contribution in [0.15, 0.2) is 24.3 Å². The molecule has 6 heteroatoms. The van der Waals surface area contributed by atoms with Gasteiger partial charge in [0.1, 0.15) is 5.00 Å². The zero-order chi connectivity index (χ0) is 19.0. The Hall–Kier alpha value is -1.85. The van der Waals surface area contributed by atoms with Crippen LogP contribution in [-0.4, -0.2) is 11.8 Å². The smallest absolute Gasteiger partial charge is 0.251 e. The fourth-order valence-corrected chi connectivity index (χ4v) is 5.95. The van der Waals surface area contributed by atoms with Gasteiger partial charge in [-0.15, -0.1) is 11.3 Å².